The number of fused-ring (bicyclic) bond motifs is 1. The number of nitrogens with zero attached hydrogens (tertiary/aromatic N) is 2. The molecule has 3 heteroatoms. The van der Waals surface area contributed by atoms with E-state index in [0.29, 0.717) is 0 Å². The van der Waals surface area contributed by atoms with Crippen molar-refractivity contribution < 1.29 is 4.79 Å². The van der Waals surface area contributed by atoms with Crippen LogP contribution in [0.4, 0.5) is 0 Å². The highest BCUT2D eigenvalue weighted by Crippen LogP contribution is 2.33. The minimum Gasteiger partial charge on any atom is -0.334 e. The van der Waals surface area contributed by atoms with Gasteiger partial charge in [0, 0.05) is 6.54 Å². The van der Waals surface area contributed by atoms with E-state index < -0.39 is 0 Å². The highest BCUT2D eigenvalue weighted by molar-refractivity contribution is 5.54. The van der Waals surface area contributed by atoms with Gasteiger partial charge in [-0.1, -0.05) is 61.5 Å². The number of amides is 1. The number of hydrogen-bond donors (Lipinski definition) is 0. The van der Waals surface area contributed by atoms with Gasteiger partial charge in [-0.3, -0.25) is 4.79 Å². The molecule has 2 heterocycles. The average Bonchev–Trinajstić information content (AvgIpc) is 2.70. The summed E-state index contributed by atoms with van der Waals surface area (Å²) in [5, 5.41) is 0. The first-order valence-corrected chi connectivity index (χ1v) is 9.71. The van der Waals surface area contributed by atoms with Crippen molar-refractivity contribution in [3.8, 4) is 0 Å². The maximum absolute atomic E-state index is 11.3. The maximum Gasteiger partial charge on any atom is 0.210 e. The first-order chi connectivity index (χ1) is 12.7. The maximum atomic E-state index is 11.3. The second-order valence-corrected chi connectivity index (χ2v) is 7.59. The second kappa shape index (κ2) is 9.00. The van der Waals surface area contributed by atoms with Gasteiger partial charge in [0.25, 0.3) is 0 Å². The van der Waals surface area contributed by atoms with E-state index >= 15 is 0 Å². The Bertz CT molecular complexity index is 682. The highest BCUT2D eigenvalue weighted by atomic mass is 16.1. The Morgan fingerprint density at radius 1 is 0.923 bits per heavy atom. The van der Waals surface area contributed by atoms with E-state index in [1.54, 1.807) is 0 Å². The molecule has 3 nitrogen and oxygen atoms in total. The van der Waals surface area contributed by atoms with Crippen LogP contribution < -0.4 is 0 Å². The van der Waals surface area contributed by atoms with Crippen molar-refractivity contribution in [2.24, 2.45) is 5.92 Å². The number of piperidine rings is 1. The summed E-state index contributed by atoms with van der Waals surface area (Å²) in [4.78, 5) is 15.6. The van der Waals surface area contributed by atoms with E-state index in [-0.39, 0.29) is 6.04 Å². The lowest BCUT2D eigenvalue weighted by Gasteiger charge is -2.35. The Labute approximate surface area is 157 Å². The molecule has 0 aromatic heterocycles. The zero-order valence-corrected chi connectivity index (χ0v) is 16.0. The number of hydrogen-bond acceptors (Lipinski definition) is 2. The summed E-state index contributed by atoms with van der Waals surface area (Å²) in [7, 11) is 2.20. The van der Waals surface area contributed by atoms with Crippen molar-refractivity contribution >= 4 is 6.41 Å². The third-order valence-corrected chi connectivity index (χ3v) is 5.58. The average molecular weight is 351 g/mol. The van der Waals surface area contributed by atoms with Gasteiger partial charge in [-0.25, -0.2) is 0 Å². The van der Waals surface area contributed by atoms with Crippen LogP contribution in [-0.4, -0.2) is 42.9 Å². The van der Waals surface area contributed by atoms with E-state index in [1.807, 2.05) is 29.2 Å². The highest BCUT2D eigenvalue weighted by Gasteiger charge is 2.27. The molecular formula is C23H30N2O. The molecule has 4 rings (SSSR count). The van der Waals surface area contributed by atoms with Gasteiger partial charge in [0.2, 0.25) is 6.41 Å². The molecule has 1 unspecified atom stereocenters. The van der Waals surface area contributed by atoms with Crippen molar-refractivity contribution in [2.45, 2.75) is 32.2 Å². The van der Waals surface area contributed by atoms with Gasteiger partial charge in [-0.15, -0.1) is 0 Å². The van der Waals surface area contributed by atoms with Gasteiger partial charge in [0.1, 0.15) is 0 Å². The first kappa shape index (κ1) is 18.7. The van der Waals surface area contributed by atoms with Gasteiger partial charge in [-0.2, -0.15) is 0 Å². The summed E-state index contributed by atoms with van der Waals surface area (Å²) in [5.41, 5.74) is 3.78. The minimum absolute atomic E-state index is 0.0636. The zero-order chi connectivity index (χ0) is 18.4. The largest absolute Gasteiger partial charge is 0.334 e. The quantitative estimate of drug-likeness (QED) is 0.760. The van der Waals surface area contributed by atoms with Crippen LogP contribution >= 0.6 is 0 Å². The topological polar surface area (TPSA) is 23.6 Å². The molecule has 0 radical (unpaired) electrons. The Morgan fingerprint density at radius 2 is 1.58 bits per heavy atom. The molecule has 2 aliphatic heterocycles. The fourth-order valence-corrected chi connectivity index (χ4v) is 3.84. The van der Waals surface area contributed by atoms with Gasteiger partial charge >= 0.3 is 0 Å². The molecule has 0 bridgehead atoms. The van der Waals surface area contributed by atoms with Crippen LogP contribution in [0.15, 0.2) is 54.6 Å². The molecule has 2 aromatic rings. The number of carbonyl (C=O) groups is 1. The van der Waals surface area contributed by atoms with Crippen molar-refractivity contribution in [3.05, 3.63) is 71.3 Å². The van der Waals surface area contributed by atoms with Crippen LogP contribution in [0.1, 0.15) is 42.5 Å². The standard InChI is InChI=1S/C16H15NO.C7H15N/c18-12-17-11-10-13-6-4-5-9-15(13)16(17)14-7-2-1-3-8-14;1-7-3-5-8(2)6-4-7/h1-9,12,16H,10-11H2;7H,3-6H2,1-2H3. The Kier molecular flexibility index (Phi) is 6.45. The molecule has 138 valence electrons. The predicted molar refractivity (Wildman–Crippen MR) is 107 cm³/mol. The fourth-order valence-electron chi connectivity index (χ4n) is 3.84. The van der Waals surface area contributed by atoms with Gasteiger partial charge in [0.15, 0.2) is 0 Å². The molecule has 1 fully saturated rings. The molecule has 26 heavy (non-hydrogen) atoms. The molecular weight excluding hydrogens is 320 g/mol. The lowest BCUT2D eigenvalue weighted by atomic mass is 9.89. The molecule has 2 aliphatic rings. The number of likely N-dealkylation sites (tertiary alicyclic amines) is 1. The normalized spacial score (nSPS) is 20.7. The zero-order valence-electron chi connectivity index (χ0n) is 16.0. The molecule has 0 spiro atoms. The minimum atomic E-state index is 0.0636. The summed E-state index contributed by atoms with van der Waals surface area (Å²) >= 11 is 0. The van der Waals surface area contributed by atoms with E-state index in [1.165, 1.54) is 42.6 Å². The number of rotatable bonds is 2. The molecule has 0 N–H and O–H groups in total. The van der Waals surface area contributed by atoms with Crippen molar-refractivity contribution in [2.75, 3.05) is 26.7 Å². The summed E-state index contributed by atoms with van der Waals surface area (Å²) in [6.07, 6.45) is 4.71. The van der Waals surface area contributed by atoms with E-state index in [0.717, 1.165) is 25.3 Å². The van der Waals surface area contributed by atoms with Gasteiger partial charge in [-0.05, 0) is 62.0 Å². The number of carbonyl (C=O) groups excluding carboxylic acids is 1. The lowest BCUT2D eigenvalue weighted by molar-refractivity contribution is -0.119. The Balaban J connectivity index is 0.000000206. The molecule has 0 aliphatic carbocycles. The summed E-state index contributed by atoms with van der Waals surface area (Å²) in [6, 6.07) is 18.7. The molecule has 1 amide bonds. The summed E-state index contributed by atoms with van der Waals surface area (Å²) in [6.45, 7) is 5.75. The van der Waals surface area contributed by atoms with Crippen LogP contribution in [-0.2, 0) is 11.2 Å². The predicted octanol–water partition coefficient (Wildman–Crippen LogP) is 4.14. The van der Waals surface area contributed by atoms with Crippen LogP contribution in [0.5, 0.6) is 0 Å². The molecule has 0 saturated carbocycles. The number of benzene rings is 2. The molecule has 2 aromatic carbocycles. The summed E-state index contributed by atoms with van der Waals surface area (Å²) in [5.74, 6) is 0.978. The van der Waals surface area contributed by atoms with Crippen molar-refractivity contribution in [3.63, 3.8) is 0 Å². The molecule has 1 saturated heterocycles. The molecule has 1 atom stereocenters. The van der Waals surface area contributed by atoms with Crippen LogP contribution in [0.2, 0.25) is 0 Å². The van der Waals surface area contributed by atoms with Crippen LogP contribution in [0.25, 0.3) is 0 Å². The van der Waals surface area contributed by atoms with Gasteiger partial charge < -0.3 is 9.80 Å². The van der Waals surface area contributed by atoms with Crippen molar-refractivity contribution in [1.29, 1.82) is 0 Å². The Morgan fingerprint density at radius 3 is 2.23 bits per heavy atom. The lowest BCUT2D eigenvalue weighted by Crippen LogP contribution is -2.34. The van der Waals surface area contributed by atoms with E-state index in [4.69, 9.17) is 0 Å². The first-order valence-electron chi connectivity index (χ1n) is 9.71. The van der Waals surface area contributed by atoms with Crippen LogP contribution in [0, 0.1) is 5.92 Å². The second-order valence-electron chi connectivity index (χ2n) is 7.59. The van der Waals surface area contributed by atoms with E-state index in [9.17, 15) is 4.79 Å². The SMILES string of the molecule is CC1CCN(C)CC1.O=CN1CCc2ccccc2C1c1ccccc1. The third kappa shape index (κ3) is 4.53. The Hall–Kier alpha value is -2.13. The summed E-state index contributed by atoms with van der Waals surface area (Å²) < 4.78 is 0. The smallest absolute Gasteiger partial charge is 0.210 e. The third-order valence-electron chi connectivity index (χ3n) is 5.58. The fraction of sp³-hybridized carbons (Fsp3) is 0.435. The van der Waals surface area contributed by atoms with Crippen LogP contribution in [0.3, 0.4) is 0 Å². The van der Waals surface area contributed by atoms with Crippen molar-refractivity contribution in [1.82, 2.24) is 9.80 Å². The monoisotopic (exact) mass is 350 g/mol. The van der Waals surface area contributed by atoms with E-state index in [2.05, 4.69) is 49.2 Å². The van der Waals surface area contributed by atoms with Gasteiger partial charge in [0.05, 0.1) is 6.04 Å².